The summed E-state index contributed by atoms with van der Waals surface area (Å²) in [6.45, 7) is 0. The van der Waals surface area contributed by atoms with Gasteiger partial charge in [-0.3, -0.25) is 0 Å². The molecule has 1 atom stereocenters. The summed E-state index contributed by atoms with van der Waals surface area (Å²) in [7, 11) is 1.69. The van der Waals surface area contributed by atoms with Crippen LogP contribution < -0.4 is 10.5 Å². The van der Waals surface area contributed by atoms with E-state index in [1.54, 1.807) is 7.11 Å². The third-order valence-electron chi connectivity index (χ3n) is 3.66. The van der Waals surface area contributed by atoms with Crippen molar-refractivity contribution >= 4 is 0 Å². The van der Waals surface area contributed by atoms with Crippen LogP contribution in [-0.4, -0.2) is 7.11 Å². The number of rotatable bonds is 3. The van der Waals surface area contributed by atoms with E-state index in [1.165, 1.54) is 37.7 Å². The second-order valence-electron chi connectivity index (χ2n) is 4.70. The van der Waals surface area contributed by atoms with Crippen molar-refractivity contribution in [3.8, 4) is 5.75 Å². The minimum absolute atomic E-state index is 0.200. The summed E-state index contributed by atoms with van der Waals surface area (Å²) in [6.07, 6.45) is 6.63. The molecule has 2 heteroatoms. The summed E-state index contributed by atoms with van der Waals surface area (Å²) >= 11 is 0. The first-order valence-electron chi connectivity index (χ1n) is 6.21. The van der Waals surface area contributed by atoms with E-state index in [4.69, 9.17) is 10.5 Å². The zero-order valence-corrected chi connectivity index (χ0v) is 9.99. The second-order valence-corrected chi connectivity index (χ2v) is 4.70. The van der Waals surface area contributed by atoms with Crippen molar-refractivity contribution in [2.75, 3.05) is 7.11 Å². The molecule has 1 aromatic rings. The van der Waals surface area contributed by atoms with E-state index in [-0.39, 0.29) is 6.04 Å². The first kappa shape index (κ1) is 11.5. The van der Waals surface area contributed by atoms with Gasteiger partial charge in [0.25, 0.3) is 0 Å². The number of hydrogen-bond acceptors (Lipinski definition) is 2. The first-order valence-corrected chi connectivity index (χ1v) is 6.21. The van der Waals surface area contributed by atoms with Crippen LogP contribution in [0.1, 0.15) is 43.7 Å². The largest absolute Gasteiger partial charge is 0.497 e. The van der Waals surface area contributed by atoms with Gasteiger partial charge in [-0.2, -0.15) is 0 Å². The van der Waals surface area contributed by atoms with E-state index in [1.807, 2.05) is 12.1 Å². The molecular formula is C14H21NO. The Balaban J connectivity index is 2.04. The fourth-order valence-corrected chi connectivity index (χ4v) is 2.59. The van der Waals surface area contributed by atoms with Crippen molar-refractivity contribution in [3.05, 3.63) is 29.8 Å². The molecule has 1 aliphatic carbocycles. The lowest BCUT2D eigenvalue weighted by molar-refractivity contribution is 0.308. The Morgan fingerprint density at radius 3 is 2.31 bits per heavy atom. The molecule has 0 spiro atoms. The molecule has 0 bridgehead atoms. The second kappa shape index (κ2) is 5.35. The summed E-state index contributed by atoms with van der Waals surface area (Å²) in [5, 5.41) is 0. The SMILES string of the molecule is COc1ccc([C@@H](N)C2CCCCC2)cc1. The average Bonchev–Trinajstić information content (AvgIpc) is 2.39. The lowest BCUT2D eigenvalue weighted by atomic mass is 9.81. The number of ether oxygens (including phenoxy) is 1. The smallest absolute Gasteiger partial charge is 0.118 e. The maximum Gasteiger partial charge on any atom is 0.118 e. The molecule has 2 rings (SSSR count). The predicted molar refractivity (Wildman–Crippen MR) is 66.5 cm³/mol. The third kappa shape index (κ3) is 2.56. The predicted octanol–water partition coefficient (Wildman–Crippen LogP) is 3.28. The Morgan fingerprint density at radius 2 is 1.75 bits per heavy atom. The Bertz CT molecular complexity index is 314. The highest BCUT2D eigenvalue weighted by molar-refractivity contribution is 5.29. The van der Waals surface area contributed by atoms with Gasteiger partial charge in [-0.05, 0) is 36.5 Å². The van der Waals surface area contributed by atoms with E-state index < -0.39 is 0 Å². The van der Waals surface area contributed by atoms with Crippen molar-refractivity contribution in [3.63, 3.8) is 0 Å². The first-order chi connectivity index (χ1) is 7.81. The molecule has 1 aromatic carbocycles. The van der Waals surface area contributed by atoms with Gasteiger partial charge in [0.2, 0.25) is 0 Å². The van der Waals surface area contributed by atoms with Gasteiger partial charge in [0.05, 0.1) is 7.11 Å². The molecule has 0 unspecified atom stereocenters. The molecule has 0 aliphatic heterocycles. The van der Waals surface area contributed by atoms with E-state index in [9.17, 15) is 0 Å². The number of hydrogen-bond donors (Lipinski definition) is 1. The summed E-state index contributed by atoms with van der Waals surface area (Å²) in [6, 6.07) is 8.39. The molecule has 2 nitrogen and oxygen atoms in total. The average molecular weight is 219 g/mol. The summed E-state index contributed by atoms with van der Waals surface area (Å²) in [5.74, 6) is 1.57. The van der Waals surface area contributed by atoms with Crippen molar-refractivity contribution in [2.45, 2.75) is 38.1 Å². The van der Waals surface area contributed by atoms with Crippen LogP contribution in [0.3, 0.4) is 0 Å². The zero-order valence-electron chi connectivity index (χ0n) is 9.99. The van der Waals surface area contributed by atoms with Crippen LogP contribution in [0, 0.1) is 5.92 Å². The third-order valence-corrected chi connectivity index (χ3v) is 3.66. The molecular weight excluding hydrogens is 198 g/mol. The van der Waals surface area contributed by atoms with Crippen LogP contribution in [0.2, 0.25) is 0 Å². The van der Waals surface area contributed by atoms with Gasteiger partial charge in [-0.15, -0.1) is 0 Å². The van der Waals surface area contributed by atoms with Gasteiger partial charge in [0.1, 0.15) is 5.75 Å². The van der Waals surface area contributed by atoms with Crippen LogP contribution in [0.25, 0.3) is 0 Å². The van der Waals surface area contributed by atoms with E-state index in [0.29, 0.717) is 5.92 Å². The Morgan fingerprint density at radius 1 is 1.12 bits per heavy atom. The van der Waals surface area contributed by atoms with Gasteiger partial charge in [-0.25, -0.2) is 0 Å². The van der Waals surface area contributed by atoms with E-state index in [0.717, 1.165) is 5.75 Å². The summed E-state index contributed by atoms with van der Waals surface area (Å²) in [5.41, 5.74) is 7.56. The Hall–Kier alpha value is -1.02. The molecule has 0 aromatic heterocycles. The van der Waals surface area contributed by atoms with Crippen LogP contribution in [0.4, 0.5) is 0 Å². The van der Waals surface area contributed by atoms with Gasteiger partial charge < -0.3 is 10.5 Å². The van der Waals surface area contributed by atoms with Crippen LogP contribution in [0.5, 0.6) is 5.75 Å². The van der Waals surface area contributed by atoms with E-state index in [2.05, 4.69) is 12.1 Å². The highest BCUT2D eigenvalue weighted by atomic mass is 16.5. The van der Waals surface area contributed by atoms with Crippen molar-refractivity contribution in [1.82, 2.24) is 0 Å². The standard InChI is InChI=1S/C14H21NO/c1-16-13-9-7-12(8-10-13)14(15)11-5-3-2-4-6-11/h7-11,14H,2-6,15H2,1H3/t14-/m0/s1. The van der Waals surface area contributed by atoms with Gasteiger partial charge in [0, 0.05) is 6.04 Å². The van der Waals surface area contributed by atoms with Crippen molar-refractivity contribution in [1.29, 1.82) is 0 Å². The van der Waals surface area contributed by atoms with Crippen LogP contribution in [0.15, 0.2) is 24.3 Å². The lowest BCUT2D eigenvalue weighted by Gasteiger charge is -2.27. The van der Waals surface area contributed by atoms with E-state index >= 15 is 0 Å². The summed E-state index contributed by atoms with van der Waals surface area (Å²) in [4.78, 5) is 0. The fraction of sp³-hybridized carbons (Fsp3) is 0.571. The Labute approximate surface area is 97.8 Å². The van der Waals surface area contributed by atoms with Gasteiger partial charge in [-0.1, -0.05) is 31.4 Å². The molecule has 2 N–H and O–H groups in total. The minimum Gasteiger partial charge on any atom is -0.497 e. The molecule has 1 fully saturated rings. The monoisotopic (exact) mass is 219 g/mol. The summed E-state index contributed by atoms with van der Waals surface area (Å²) < 4.78 is 5.15. The highest BCUT2D eigenvalue weighted by Crippen LogP contribution is 2.33. The minimum atomic E-state index is 0.200. The molecule has 0 radical (unpaired) electrons. The molecule has 1 saturated carbocycles. The number of nitrogens with two attached hydrogens (primary N) is 1. The molecule has 16 heavy (non-hydrogen) atoms. The lowest BCUT2D eigenvalue weighted by Crippen LogP contribution is -2.23. The zero-order chi connectivity index (χ0) is 11.4. The highest BCUT2D eigenvalue weighted by Gasteiger charge is 2.21. The molecule has 1 aliphatic rings. The van der Waals surface area contributed by atoms with Crippen LogP contribution >= 0.6 is 0 Å². The Kier molecular flexibility index (Phi) is 3.83. The quantitative estimate of drug-likeness (QED) is 0.846. The molecule has 0 amide bonds. The van der Waals surface area contributed by atoms with Gasteiger partial charge >= 0.3 is 0 Å². The number of benzene rings is 1. The van der Waals surface area contributed by atoms with Crippen molar-refractivity contribution < 1.29 is 4.74 Å². The number of methoxy groups -OCH3 is 1. The maximum absolute atomic E-state index is 6.32. The molecule has 0 saturated heterocycles. The van der Waals surface area contributed by atoms with Gasteiger partial charge in [0.15, 0.2) is 0 Å². The maximum atomic E-state index is 6.32. The fourth-order valence-electron chi connectivity index (χ4n) is 2.59. The van der Waals surface area contributed by atoms with Crippen molar-refractivity contribution in [2.24, 2.45) is 11.7 Å². The molecule has 0 heterocycles. The van der Waals surface area contributed by atoms with Crippen LogP contribution in [-0.2, 0) is 0 Å². The topological polar surface area (TPSA) is 35.2 Å². The normalized spacial score (nSPS) is 19.4. The molecule has 88 valence electrons.